The quantitative estimate of drug-likeness (QED) is 0.701. The van der Waals surface area contributed by atoms with Crippen molar-refractivity contribution in [2.75, 3.05) is 13.1 Å². The number of hydrogen-bond donors (Lipinski definition) is 2. The molecule has 0 aromatic rings. The van der Waals surface area contributed by atoms with E-state index in [4.69, 9.17) is 0 Å². The van der Waals surface area contributed by atoms with E-state index in [1.165, 1.54) is 0 Å². The molecule has 1 fully saturated rings. The van der Waals surface area contributed by atoms with E-state index >= 15 is 0 Å². The van der Waals surface area contributed by atoms with E-state index in [1.807, 2.05) is 0 Å². The van der Waals surface area contributed by atoms with Crippen LogP contribution < -0.4 is 10.6 Å². The minimum atomic E-state index is 0.240. The van der Waals surface area contributed by atoms with Gasteiger partial charge in [-0.2, -0.15) is 0 Å². The Balaban J connectivity index is 2.21. The van der Waals surface area contributed by atoms with Gasteiger partial charge >= 0.3 is 0 Å². The van der Waals surface area contributed by atoms with Crippen LogP contribution in [0.3, 0.4) is 0 Å². The van der Waals surface area contributed by atoms with Gasteiger partial charge in [0.15, 0.2) is 0 Å². The zero-order valence-electron chi connectivity index (χ0n) is 10.4. The van der Waals surface area contributed by atoms with Gasteiger partial charge in [-0.25, -0.2) is 0 Å². The molecule has 1 amide bonds. The van der Waals surface area contributed by atoms with E-state index in [9.17, 15) is 4.79 Å². The van der Waals surface area contributed by atoms with Gasteiger partial charge in [-0.15, -0.1) is 0 Å². The van der Waals surface area contributed by atoms with Crippen LogP contribution in [0.15, 0.2) is 0 Å². The van der Waals surface area contributed by atoms with Crippen molar-refractivity contribution >= 4 is 5.91 Å². The minimum Gasteiger partial charge on any atom is -0.354 e. The van der Waals surface area contributed by atoms with E-state index in [0.717, 1.165) is 25.9 Å². The maximum Gasteiger partial charge on any atom is 0.223 e. The molecule has 88 valence electrons. The van der Waals surface area contributed by atoms with Gasteiger partial charge in [0.25, 0.3) is 0 Å². The largest absolute Gasteiger partial charge is 0.354 e. The minimum absolute atomic E-state index is 0.240. The highest BCUT2D eigenvalue weighted by atomic mass is 16.2. The van der Waals surface area contributed by atoms with Crippen LogP contribution in [0.5, 0.6) is 0 Å². The fourth-order valence-corrected chi connectivity index (χ4v) is 2.00. The molecule has 3 atom stereocenters. The molecule has 2 N–H and O–H groups in total. The lowest BCUT2D eigenvalue weighted by molar-refractivity contribution is -0.123. The standard InChI is InChI=1S/C12H24N2O/c1-5-12(4)7-10(12)11(15)14-8-9(3)13-6-2/h9-10,13H,5-8H2,1-4H3,(H,14,15)/t9-,10?,12?/m1/s1. The molecule has 1 aliphatic carbocycles. The Hall–Kier alpha value is -0.570. The van der Waals surface area contributed by atoms with Gasteiger partial charge in [0.05, 0.1) is 0 Å². The first-order valence-corrected chi connectivity index (χ1v) is 6.04. The predicted octanol–water partition coefficient (Wildman–Crippen LogP) is 1.54. The highest BCUT2D eigenvalue weighted by Crippen LogP contribution is 2.54. The van der Waals surface area contributed by atoms with Crippen LogP contribution in [-0.2, 0) is 4.79 Å². The van der Waals surface area contributed by atoms with Crippen LogP contribution in [-0.4, -0.2) is 25.0 Å². The van der Waals surface area contributed by atoms with Gasteiger partial charge < -0.3 is 10.6 Å². The third-order valence-electron chi connectivity index (χ3n) is 3.61. The molecule has 0 aliphatic heterocycles. The Bertz CT molecular complexity index is 230. The van der Waals surface area contributed by atoms with Crippen molar-refractivity contribution in [1.82, 2.24) is 10.6 Å². The molecule has 15 heavy (non-hydrogen) atoms. The molecule has 1 saturated carbocycles. The Morgan fingerprint density at radius 3 is 2.67 bits per heavy atom. The van der Waals surface area contributed by atoms with E-state index in [1.54, 1.807) is 0 Å². The molecule has 3 nitrogen and oxygen atoms in total. The fourth-order valence-electron chi connectivity index (χ4n) is 2.00. The first-order valence-electron chi connectivity index (χ1n) is 6.04. The van der Waals surface area contributed by atoms with Crippen molar-refractivity contribution in [2.45, 2.75) is 46.6 Å². The van der Waals surface area contributed by atoms with Crippen molar-refractivity contribution in [3.05, 3.63) is 0 Å². The average molecular weight is 212 g/mol. The van der Waals surface area contributed by atoms with Crippen LogP contribution in [0, 0.1) is 11.3 Å². The van der Waals surface area contributed by atoms with E-state index in [-0.39, 0.29) is 17.2 Å². The smallest absolute Gasteiger partial charge is 0.223 e. The normalized spacial score (nSPS) is 31.1. The number of hydrogen-bond acceptors (Lipinski definition) is 2. The number of amides is 1. The van der Waals surface area contributed by atoms with Crippen molar-refractivity contribution in [2.24, 2.45) is 11.3 Å². The maximum absolute atomic E-state index is 11.7. The molecular formula is C12H24N2O. The zero-order chi connectivity index (χ0) is 11.5. The van der Waals surface area contributed by atoms with Crippen molar-refractivity contribution in [3.63, 3.8) is 0 Å². The lowest BCUT2D eigenvalue weighted by Gasteiger charge is -2.14. The topological polar surface area (TPSA) is 41.1 Å². The molecule has 0 saturated heterocycles. The van der Waals surface area contributed by atoms with Gasteiger partial charge in [0.1, 0.15) is 0 Å². The Morgan fingerprint density at radius 2 is 2.20 bits per heavy atom. The lowest BCUT2D eigenvalue weighted by Crippen LogP contribution is -2.39. The molecule has 2 unspecified atom stereocenters. The SMILES string of the molecule is CCN[C@H](C)CNC(=O)C1CC1(C)CC. The molecule has 0 aromatic heterocycles. The monoisotopic (exact) mass is 212 g/mol. The van der Waals surface area contributed by atoms with E-state index in [0.29, 0.717) is 6.04 Å². The summed E-state index contributed by atoms with van der Waals surface area (Å²) in [7, 11) is 0. The fraction of sp³-hybridized carbons (Fsp3) is 0.917. The molecule has 1 rings (SSSR count). The summed E-state index contributed by atoms with van der Waals surface area (Å²) in [5.74, 6) is 0.500. The van der Waals surface area contributed by atoms with E-state index in [2.05, 4.69) is 38.3 Å². The van der Waals surface area contributed by atoms with Crippen molar-refractivity contribution < 1.29 is 4.79 Å². The number of carbonyl (C=O) groups is 1. The maximum atomic E-state index is 11.7. The Morgan fingerprint density at radius 1 is 1.53 bits per heavy atom. The van der Waals surface area contributed by atoms with Crippen LogP contribution in [0.1, 0.15) is 40.5 Å². The summed E-state index contributed by atoms with van der Waals surface area (Å²) in [6.07, 6.45) is 2.17. The molecule has 0 radical (unpaired) electrons. The van der Waals surface area contributed by atoms with Crippen LogP contribution >= 0.6 is 0 Å². The molecule has 0 heterocycles. The molecule has 3 heteroatoms. The van der Waals surface area contributed by atoms with Gasteiger partial charge in [0, 0.05) is 18.5 Å². The summed E-state index contributed by atoms with van der Waals surface area (Å²) in [5.41, 5.74) is 0.283. The molecular weight excluding hydrogens is 188 g/mol. The molecule has 0 bridgehead atoms. The van der Waals surface area contributed by atoms with Gasteiger partial charge in [-0.1, -0.05) is 20.8 Å². The number of carbonyl (C=O) groups excluding carboxylic acids is 1. The first-order chi connectivity index (χ1) is 7.03. The van der Waals surface area contributed by atoms with E-state index < -0.39 is 0 Å². The second-order valence-corrected chi connectivity index (χ2v) is 4.97. The Labute approximate surface area is 93.0 Å². The Kier molecular flexibility index (Phi) is 4.14. The van der Waals surface area contributed by atoms with Crippen LogP contribution in [0.4, 0.5) is 0 Å². The second-order valence-electron chi connectivity index (χ2n) is 4.97. The highest BCUT2D eigenvalue weighted by molar-refractivity contribution is 5.82. The van der Waals surface area contributed by atoms with Crippen molar-refractivity contribution in [1.29, 1.82) is 0 Å². The summed E-state index contributed by atoms with van der Waals surface area (Å²) < 4.78 is 0. The second kappa shape index (κ2) is 4.97. The third-order valence-corrected chi connectivity index (χ3v) is 3.61. The summed E-state index contributed by atoms with van der Waals surface area (Å²) in [6.45, 7) is 10.2. The van der Waals surface area contributed by atoms with Gasteiger partial charge in [-0.3, -0.25) is 4.79 Å². The van der Waals surface area contributed by atoms with Crippen LogP contribution in [0.25, 0.3) is 0 Å². The predicted molar refractivity (Wildman–Crippen MR) is 62.7 cm³/mol. The molecule has 1 aliphatic rings. The molecule has 0 aromatic carbocycles. The summed E-state index contributed by atoms with van der Waals surface area (Å²) >= 11 is 0. The molecule has 0 spiro atoms. The van der Waals surface area contributed by atoms with Crippen molar-refractivity contribution in [3.8, 4) is 0 Å². The average Bonchev–Trinajstić information content (AvgIpc) is 2.89. The summed E-state index contributed by atoms with van der Waals surface area (Å²) in [4.78, 5) is 11.7. The number of nitrogens with one attached hydrogen (secondary N) is 2. The first kappa shape index (κ1) is 12.5. The summed E-state index contributed by atoms with van der Waals surface area (Å²) in [5, 5.41) is 6.30. The highest BCUT2D eigenvalue weighted by Gasteiger charge is 2.52. The third kappa shape index (κ3) is 3.20. The van der Waals surface area contributed by atoms with Crippen LogP contribution in [0.2, 0.25) is 0 Å². The number of likely N-dealkylation sites (N-methyl/N-ethyl adjacent to an activating group) is 1. The number of rotatable bonds is 6. The van der Waals surface area contributed by atoms with Gasteiger partial charge in [-0.05, 0) is 31.7 Å². The van der Waals surface area contributed by atoms with Gasteiger partial charge in [0.2, 0.25) is 5.91 Å². The summed E-state index contributed by atoms with van der Waals surface area (Å²) in [6, 6.07) is 0.366. The lowest BCUT2D eigenvalue weighted by atomic mass is 10.0. The zero-order valence-corrected chi connectivity index (χ0v) is 10.4.